The summed E-state index contributed by atoms with van der Waals surface area (Å²) in [4.78, 5) is 18.0. The third-order valence-electron chi connectivity index (χ3n) is 3.50. The maximum Gasteiger partial charge on any atom is 0.285 e. The third-order valence-corrected chi connectivity index (χ3v) is 5.78. The monoisotopic (exact) mass is 339 g/mol. The van der Waals surface area contributed by atoms with Crippen molar-refractivity contribution in [2.45, 2.75) is 16.2 Å². The first-order valence-corrected chi connectivity index (χ1v) is 8.76. The van der Waals surface area contributed by atoms with Gasteiger partial charge >= 0.3 is 0 Å². The Balaban J connectivity index is 1.75. The normalized spacial score (nSPS) is 11.2. The first-order valence-electron chi connectivity index (χ1n) is 7.13. The second kappa shape index (κ2) is 5.72. The van der Waals surface area contributed by atoms with Crippen molar-refractivity contribution in [3.05, 3.63) is 70.6 Å². The zero-order valence-corrected chi connectivity index (χ0v) is 13.9. The van der Waals surface area contributed by atoms with E-state index in [0.29, 0.717) is 4.90 Å². The Kier molecular flexibility index (Phi) is 3.55. The molecule has 0 aliphatic heterocycles. The van der Waals surface area contributed by atoms with Crippen LogP contribution in [0.2, 0.25) is 0 Å². The minimum absolute atomic E-state index is 0.0436. The van der Waals surface area contributed by atoms with Crippen LogP contribution >= 0.6 is 23.1 Å². The molecular weight excluding hydrogens is 326 g/mol. The van der Waals surface area contributed by atoms with E-state index in [9.17, 15) is 4.79 Å². The molecule has 6 heteroatoms. The van der Waals surface area contributed by atoms with E-state index in [0.717, 1.165) is 25.9 Å². The lowest BCUT2D eigenvalue weighted by Crippen LogP contribution is -2.15. The molecule has 0 aliphatic rings. The smallest absolute Gasteiger partial charge is 0.285 e. The molecule has 4 aromatic rings. The number of aromatic nitrogens is 3. The van der Waals surface area contributed by atoms with E-state index in [-0.39, 0.29) is 5.56 Å². The maximum absolute atomic E-state index is 12.7. The van der Waals surface area contributed by atoms with Crippen LogP contribution in [0.25, 0.3) is 15.9 Å². The number of nitrogens with one attached hydrogen (secondary N) is 1. The first kappa shape index (κ1) is 14.3. The fourth-order valence-electron chi connectivity index (χ4n) is 2.39. The largest absolute Gasteiger partial charge is 0.294 e. The van der Waals surface area contributed by atoms with Crippen LogP contribution in [-0.2, 0) is 0 Å². The molecule has 2 aromatic heterocycles. The summed E-state index contributed by atoms with van der Waals surface area (Å²) in [5.41, 5.74) is 2.61. The summed E-state index contributed by atoms with van der Waals surface area (Å²) in [6.45, 7) is 1.91. The van der Waals surface area contributed by atoms with E-state index in [1.54, 1.807) is 16.0 Å². The van der Waals surface area contributed by atoms with E-state index in [1.807, 2.05) is 61.5 Å². The summed E-state index contributed by atoms with van der Waals surface area (Å²) >= 11 is 3.03. The van der Waals surface area contributed by atoms with Crippen LogP contribution in [0.4, 0.5) is 0 Å². The Morgan fingerprint density at radius 1 is 1.09 bits per heavy atom. The number of hydrogen-bond donors (Lipinski definition) is 1. The Morgan fingerprint density at radius 3 is 2.61 bits per heavy atom. The zero-order valence-electron chi connectivity index (χ0n) is 12.3. The van der Waals surface area contributed by atoms with E-state index in [4.69, 9.17) is 0 Å². The van der Waals surface area contributed by atoms with Crippen LogP contribution < -0.4 is 5.56 Å². The Hall–Kier alpha value is -2.31. The van der Waals surface area contributed by atoms with Gasteiger partial charge in [0.15, 0.2) is 4.34 Å². The minimum atomic E-state index is -0.0436. The van der Waals surface area contributed by atoms with E-state index >= 15 is 0 Å². The van der Waals surface area contributed by atoms with Gasteiger partial charge in [0, 0.05) is 5.69 Å². The average molecular weight is 339 g/mol. The van der Waals surface area contributed by atoms with Gasteiger partial charge in [-0.1, -0.05) is 42.1 Å². The number of rotatable bonds is 3. The molecule has 23 heavy (non-hydrogen) atoms. The molecule has 4 rings (SSSR count). The van der Waals surface area contributed by atoms with E-state index in [1.165, 1.54) is 11.8 Å². The number of aromatic amines is 1. The predicted octanol–water partition coefficient (Wildman–Crippen LogP) is 4.23. The van der Waals surface area contributed by atoms with Gasteiger partial charge in [-0.15, -0.1) is 11.3 Å². The summed E-state index contributed by atoms with van der Waals surface area (Å²) < 4.78 is 3.59. The van der Waals surface area contributed by atoms with Crippen LogP contribution in [0.1, 0.15) is 5.69 Å². The minimum Gasteiger partial charge on any atom is -0.294 e. The highest BCUT2D eigenvalue weighted by Crippen LogP contribution is 2.34. The lowest BCUT2D eigenvalue weighted by atomic mass is 10.3. The molecule has 0 atom stereocenters. The van der Waals surface area contributed by atoms with Gasteiger partial charge in [0.1, 0.15) is 4.90 Å². The quantitative estimate of drug-likeness (QED) is 0.607. The molecular formula is C17H13N3OS2. The van der Waals surface area contributed by atoms with Crippen molar-refractivity contribution in [2.24, 2.45) is 0 Å². The van der Waals surface area contributed by atoms with Gasteiger partial charge in [-0.25, -0.2) is 9.67 Å². The fraction of sp³-hybridized carbons (Fsp3) is 0.0588. The topological polar surface area (TPSA) is 50.7 Å². The van der Waals surface area contributed by atoms with Crippen molar-refractivity contribution < 1.29 is 0 Å². The molecule has 0 saturated heterocycles. The average Bonchev–Trinajstić information content (AvgIpc) is 3.11. The Labute approximate surface area is 140 Å². The van der Waals surface area contributed by atoms with Gasteiger partial charge in [-0.05, 0) is 31.2 Å². The van der Waals surface area contributed by atoms with Gasteiger partial charge in [0.05, 0.1) is 15.9 Å². The highest BCUT2D eigenvalue weighted by Gasteiger charge is 2.15. The number of aryl methyl sites for hydroxylation is 1. The van der Waals surface area contributed by atoms with Gasteiger partial charge in [-0.3, -0.25) is 9.89 Å². The third kappa shape index (κ3) is 2.60. The number of thiazole rings is 1. The van der Waals surface area contributed by atoms with Crippen molar-refractivity contribution in [1.82, 2.24) is 14.8 Å². The molecule has 2 aromatic carbocycles. The van der Waals surface area contributed by atoms with Crippen molar-refractivity contribution in [1.29, 1.82) is 0 Å². The summed E-state index contributed by atoms with van der Waals surface area (Å²) in [5.74, 6) is 0. The molecule has 114 valence electrons. The highest BCUT2D eigenvalue weighted by atomic mass is 32.2. The SMILES string of the molecule is Cc1[nH]n(-c2ccccc2)c(=O)c1Sc1nc2ccccc2s1. The van der Waals surface area contributed by atoms with Crippen molar-refractivity contribution in [3.63, 3.8) is 0 Å². The molecule has 0 aliphatic carbocycles. The lowest BCUT2D eigenvalue weighted by Gasteiger charge is -1.99. The number of nitrogens with zero attached hydrogens (tertiary/aromatic N) is 2. The first-order chi connectivity index (χ1) is 11.2. The van der Waals surface area contributed by atoms with Crippen LogP contribution in [0.15, 0.2) is 68.6 Å². The second-order valence-electron chi connectivity index (χ2n) is 5.09. The van der Waals surface area contributed by atoms with Crippen LogP contribution in [-0.4, -0.2) is 14.8 Å². The molecule has 0 fully saturated rings. The molecule has 0 saturated carbocycles. The molecule has 0 spiro atoms. The van der Waals surface area contributed by atoms with Gasteiger partial charge < -0.3 is 0 Å². The molecule has 2 heterocycles. The summed E-state index contributed by atoms with van der Waals surface area (Å²) in [7, 11) is 0. The van der Waals surface area contributed by atoms with Gasteiger partial charge in [0.25, 0.3) is 5.56 Å². The molecule has 0 amide bonds. The number of H-pyrrole nitrogens is 1. The van der Waals surface area contributed by atoms with Crippen LogP contribution in [0.5, 0.6) is 0 Å². The highest BCUT2D eigenvalue weighted by molar-refractivity contribution is 8.01. The Bertz CT molecular complexity index is 998. The van der Waals surface area contributed by atoms with Crippen molar-refractivity contribution in [2.75, 3.05) is 0 Å². The Morgan fingerprint density at radius 2 is 1.83 bits per heavy atom. The zero-order chi connectivity index (χ0) is 15.8. The fourth-order valence-corrected chi connectivity index (χ4v) is 4.47. The molecule has 0 bridgehead atoms. The van der Waals surface area contributed by atoms with E-state index in [2.05, 4.69) is 10.1 Å². The second-order valence-corrected chi connectivity index (χ2v) is 7.38. The predicted molar refractivity (Wildman–Crippen MR) is 94.9 cm³/mol. The number of hydrogen-bond acceptors (Lipinski definition) is 4. The number of benzene rings is 2. The van der Waals surface area contributed by atoms with Gasteiger partial charge in [-0.2, -0.15) is 0 Å². The summed E-state index contributed by atoms with van der Waals surface area (Å²) in [6, 6.07) is 17.6. The van der Waals surface area contributed by atoms with Gasteiger partial charge in [0.2, 0.25) is 0 Å². The number of fused-ring (bicyclic) bond motifs is 1. The number of para-hydroxylation sites is 2. The van der Waals surface area contributed by atoms with Crippen molar-refractivity contribution >= 4 is 33.3 Å². The van der Waals surface area contributed by atoms with E-state index < -0.39 is 0 Å². The maximum atomic E-state index is 12.7. The lowest BCUT2D eigenvalue weighted by molar-refractivity contribution is 0.834. The molecule has 4 nitrogen and oxygen atoms in total. The standard InChI is InChI=1S/C17H13N3OS2/c1-11-15(16(21)20(19-11)12-7-3-2-4-8-12)23-17-18-13-9-5-6-10-14(13)22-17/h2-10,19H,1H3. The molecule has 0 unspecified atom stereocenters. The van der Waals surface area contributed by atoms with Crippen molar-refractivity contribution in [3.8, 4) is 5.69 Å². The van der Waals surface area contributed by atoms with Crippen LogP contribution in [0.3, 0.4) is 0 Å². The summed E-state index contributed by atoms with van der Waals surface area (Å²) in [6.07, 6.45) is 0. The summed E-state index contributed by atoms with van der Waals surface area (Å²) in [5, 5.41) is 3.14. The molecule has 0 radical (unpaired) electrons. The molecule has 1 N–H and O–H groups in total. The van der Waals surface area contributed by atoms with Crippen LogP contribution in [0, 0.1) is 6.92 Å².